The van der Waals surface area contributed by atoms with Gasteiger partial charge < -0.3 is 15.5 Å². The molecule has 4 nitrogen and oxygen atoms in total. The van der Waals surface area contributed by atoms with Gasteiger partial charge in [-0.1, -0.05) is 19.9 Å². The van der Waals surface area contributed by atoms with Gasteiger partial charge >= 0.3 is 0 Å². The minimum Gasteiger partial charge on any atom is -0.360 e. The lowest BCUT2D eigenvalue weighted by atomic mass is 10.1. The lowest BCUT2D eigenvalue weighted by molar-refractivity contribution is -0.120. The lowest BCUT2D eigenvalue weighted by Crippen LogP contribution is -2.48. The topological polar surface area (TPSA) is 44.4 Å². The molecule has 0 radical (unpaired) electrons. The Labute approximate surface area is 119 Å². The smallest absolute Gasteiger partial charge is 0.239 e. The third-order valence-corrected chi connectivity index (χ3v) is 3.33. The Kier molecular flexibility index (Phi) is 4.95. The molecule has 1 aliphatic rings. The number of halogens is 1. The van der Waals surface area contributed by atoms with Crippen molar-refractivity contribution in [2.75, 3.05) is 31.1 Å². The molecule has 20 heavy (non-hydrogen) atoms. The largest absolute Gasteiger partial charge is 0.360 e. The van der Waals surface area contributed by atoms with Gasteiger partial charge in [-0.15, -0.1) is 0 Å². The van der Waals surface area contributed by atoms with Crippen LogP contribution in [0, 0.1) is 11.7 Å². The molecule has 1 saturated heterocycles. The number of carbonyl (C=O) groups is 1. The molecule has 1 aromatic rings. The molecule has 2 rings (SSSR count). The van der Waals surface area contributed by atoms with Gasteiger partial charge in [0.15, 0.2) is 0 Å². The summed E-state index contributed by atoms with van der Waals surface area (Å²) >= 11 is 0. The summed E-state index contributed by atoms with van der Waals surface area (Å²) in [6.45, 7) is 7.17. The summed E-state index contributed by atoms with van der Waals surface area (Å²) in [5.74, 6) is 0.289. The number of carbonyl (C=O) groups excluding carboxylic acids is 1. The second kappa shape index (κ2) is 6.70. The third kappa shape index (κ3) is 3.70. The Balaban J connectivity index is 2.14. The van der Waals surface area contributed by atoms with Crippen LogP contribution < -0.4 is 15.5 Å². The maximum absolute atomic E-state index is 14.1. The van der Waals surface area contributed by atoms with Gasteiger partial charge in [-0.2, -0.15) is 0 Å². The predicted molar refractivity (Wildman–Crippen MR) is 78.2 cm³/mol. The molecule has 0 bridgehead atoms. The van der Waals surface area contributed by atoms with Crippen molar-refractivity contribution in [1.82, 2.24) is 10.6 Å². The van der Waals surface area contributed by atoms with E-state index in [0.29, 0.717) is 37.7 Å². The number of hydrogen-bond donors (Lipinski definition) is 2. The SMILES string of the molecule is CC(C)CNCc1c(F)cccc1N1CCNC(=O)C1. The molecule has 0 spiro atoms. The molecule has 0 saturated carbocycles. The van der Waals surface area contributed by atoms with Gasteiger partial charge in [0.1, 0.15) is 5.82 Å². The van der Waals surface area contributed by atoms with Crippen molar-refractivity contribution in [3.63, 3.8) is 0 Å². The van der Waals surface area contributed by atoms with Gasteiger partial charge in [0.05, 0.1) is 6.54 Å². The Hall–Kier alpha value is -1.62. The van der Waals surface area contributed by atoms with Gasteiger partial charge in [0, 0.05) is 30.9 Å². The highest BCUT2D eigenvalue weighted by atomic mass is 19.1. The Morgan fingerprint density at radius 2 is 2.25 bits per heavy atom. The Bertz CT molecular complexity index is 476. The summed E-state index contributed by atoms with van der Waals surface area (Å²) in [6, 6.07) is 5.05. The van der Waals surface area contributed by atoms with E-state index in [9.17, 15) is 9.18 Å². The van der Waals surface area contributed by atoms with Crippen LogP contribution in [0.3, 0.4) is 0 Å². The van der Waals surface area contributed by atoms with Gasteiger partial charge in [-0.25, -0.2) is 4.39 Å². The van der Waals surface area contributed by atoms with Crippen molar-refractivity contribution in [3.8, 4) is 0 Å². The summed E-state index contributed by atoms with van der Waals surface area (Å²) in [4.78, 5) is 13.4. The molecule has 110 valence electrons. The summed E-state index contributed by atoms with van der Waals surface area (Å²) in [5.41, 5.74) is 1.46. The highest BCUT2D eigenvalue weighted by molar-refractivity contribution is 5.83. The molecule has 1 fully saturated rings. The fraction of sp³-hybridized carbons (Fsp3) is 0.533. The number of piperazine rings is 1. The molecular weight excluding hydrogens is 257 g/mol. The van der Waals surface area contributed by atoms with Crippen LogP contribution in [-0.2, 0) is 11.3 Å². The van der Waals surface area contributed by atoms with Crippen LogP contribution in [0.25, 0.3) is 0 Å². The monoisotopic (exact) mass is 279 g/mol. The van der Waals surface area contributed by atoms with Crippen molar-refractivity contribution in [1.29, 1.82) is 0 Å². The average Bonchev–Trinajstić information content (AvgIpc) is 2.40. The quantitative estimate of drug-likeness (QED) is 0.858. The summed E-state index contributed by atoms with van der Waals surface area (Å²) in [7, 11) is 0. The molecule has 1 aromatic carbocycles. The Morgan fingerprint density at radius 3 is 2.95 bits per heavy atom. The Morgan fingerprint density at radius 1 is 1.45 bits per heavy atom. The third-order valence-electron chi connectivity index (χ3n) is 3.33. The first-order valence-electron chi connectivity index (χ1n) is 7.07. The molecule has 5 heteroatoms. The van der Waals surface area contributed by atoms with Gasteiger partial charge in [0.25, 0.3) is 0 Å². The van der Waals surface area contributed by atoms with E-state index < -0.39 is 0 Å². The number of nitrogens with one attached hydrogen (secondary N) is 2. The van der Waals surface area contributed by atoms with E-state index in [1.165, 1.54) is 6.07 Å². The lowest BCUT2D eigenvalue weighted by Gasteiger charge is -2.30. The number of hydrogen-bond acceptors (Lipinski definition) is 3. The fourth-order valence-electron chi connectivity index (χ4n) is 2.35. The summed E-state index contributed by atoms with van der Waals surface area (Å²) in [5, 5.41) is 6.05. The van der Waals surface area contributed by atoms with Crippen LogP contribution in [-0.4, -0.2) is 32.1 Å². The molecule has 0 aromatic heterocycles. The second-order valence-corrected chi connectivity index (χ2v) is 5.53. The maximum Gasteiger partial charge on any atom is 0.239 e. The molecular formula is C15H22FN3O. The fourth-order valence-corrected chi connectivity index (χ4v) is 2.35. The van der Waals surface area contributed by atoms with E-state index in [-0.39, 0.29) is 11.7 Å². The van der Waals surface area contributed by atoms with Crippen molar-refractivity contribution < 1.29 is 9.18 Å². The first-order valence-corrected chi connectivity index (χ1v) is 7.07. The van der Waals surface area contributed by atoms with Crippen LogP contribution in [0.1, 0.15) is 19.4 Å². The van der Waals surface area contributed by atoms with Crippen molar-refractivity contribution in [2.45, 2.75) is 20.4 Å². The molecule has 0 aliphatic carbocycles. The van der Waals surface area contributed by atoms with Crippen molar-refractivity contribution >= 4 is 11.6 Å². The van der Waals surface area contributed by atoms with Crippen LogP contribution >= 0.6 is 0 Å². The molecule has 1 aliphatic heterocycles. The van der Waals surface area contributed by atoms with Gasteiger partial charge in [-0.3, -0.25) is 4.79 Å². The number of nitrogens with zero attached hydrogens (tertiary/aromatic N) is 1. The number of anilines is 1. The first kappa shape index (κ1) is 14.8. The molecule has 2 N–H and O–H groups in total. The van der Waals surface area contributed by atoms with Crippen molar-refractivity contribution in [3.05, 3.63) is 29.6 Å². The highest BCUT2D eigenvalue weighted by Crippen LogP contribution is 2.23. The zero-order valence-corrected chi connectivity index (χ0v) is 12.1. The van der Waals surface area contributed by atoms with E-state index in [1.54, 1.807) is 6.07 Å². The first-order chi connectivity index (χ1) is 9.58. The number of benzene rings is 1. The molecule has 0 atom stereocenters. The number of amides is 1. The summed E-state index contributed by atoms with van der Waals surface area (Å²) in [6.07, 6.45) is 0. The van der Waals surface area contributed by atoms with Gasteiger partial charge in [0.2, 0.25) is 5.91 Å². The van der Waals surface area contributed by atoms with Crippen molar-refractivity contribution in [2.24, 2.45) is 5.92 Å². The standard InChI is InChI=1S/C15H22FN3O/c1-11(2)8-17-9-12-13(16)4-3-5-14(12)19-7-6-18-15(20)10-19/h3-5,11,17H,6-10H2,1-2H3,(H,18,20). The van der Waals surface area contributed by atoms with Gasteiger partial charge in [-0.05, 0) is 24.6 Å². The zero-order valence-electron chi connectivity index (χ0n) is 12.1. The van der Waals surface area contributed by atoms with E-state index in [1.807, 2.05) is 11.0 Å². The van der Waals surface area contributed by atoms with Crippen LogP contribution in [0.15, 0.2) is 18.2 Å². The highest BCUT2D eigenvalue weighted by Gasteiger charge is 2.20. The van der Waals surface area contributed by atoms with E-state index >= 15 is 0 Å². The van der Waals surface area contributed by atoms with E-state index in [0.717, 1.165) is 12.2 Å². The molecule has 0 unspecified atom stereocenters. The second-order valence-electron chi connectivity index (χ2n) is 5.53. The minimum absolute atomic E-state index is 0.0124. The minimum atomic E-state index is -0.218. The van der Waals surface area contributed by atoms with Crippen LogP contribution in [0.2, 0.25) is 0 Å². The summed E-state index contributed by atoms with van der Waals surface area (Å²) < 4.78 is 14.1. The van der Waals surface area contributed by atoms with E-state index in [2.05, 4.69) is 24.5 Å². The zero-order chi connectivity index (χ0) is 14.5. The van der Waals surface area contributed by atoms with Crippen LogP contribution in [0.4, 0.5) is 10.1 Å². The molecule has 1 amide bonds. The predicted octanol–water partition coefficient (Wildman–Crippen LogP) is 1.51. The maximum atomic E-state index is 14.1. The number of rotatable bonds is 5. The molecule has 1 heterocycles. The normalized spacial score (nSPS) is 15.6. The average molecular weight is 279 g/mol. The van der Waals surface area contributed by atoms with Crippen LogP contribution in [0.5, 0.6) is 0 Å². The van der Waals surface area contributed by atoms with E-state index in [4.69, 9.17) is 0 Å².